The van der Waals surface area contributed by atoms with E-state index in [9.17, 15) is 24.3 Å². The molecule has 19 heteroatoms. The molecule has 3 amide bonds. The number of likely N-dealkylation sites (tertiary alicyclic amines) is 2. The minimum absolute atomic E-state index is 0.00122. The summed E-state index contributed by atoms with van der Waals surface area (Å²) >= 11 is 0. The van der Waals surface area contributed by atoms with Crippen molar-refractivity contribution in [2.45, 2.75) is 119 Å². The first-order chi connectivity index (χ1) is 37.2. The number of para-hydroxylation sites is 1. The molecule has 4 atom stereocenters. The number of rotatable bonds is 10. The fourth-order valence-electron chi connectivity index (χ4n) is 13.9. The molecular weight excluding hydrogens is 987 g/mol. The number of piperidine rings is 4. The molecule has 6 fully saturated rings. The lowest BCUT2D eigenvalue weighted by molar-refractivity contribution is -0.135. The number of hydrogen-bond acceptors (Lipinski definition) is 13. The Balaban J connectivity index is 0.684. The number of anilines is 1. The number of imidazole rings is 1. The molecule has 0 saturated carbocycles. The zero-order valence-electron chi connectivity index (χ0n) is 43.6. The molecule has 9 heterocycles. The van der Waals surface area contributed by atoms with Crippen molar-refractivity contribution in [1.82, 2.24) is 44.1 Å². The average molecular weight is 1050 g/mol. The highest BCUT2D eigenvalue weighted by molar-refractivity contribution is 6.02. The number of β-amino-alcohol motifs (C(OH)–C–C–N with tert-alkyl or cyclic N) is 1. The van der Waals surface area contributed by atoms with E-state index in [1.54, 1.807) is 47.4 Å². The number of halogens is 2. The number of ether oxygens (including phenoxy) is 2. The highest BCUT2D eigenvalue weighted by atomic mass is 19.1. The Morgan fingerprint density at radius 1 is 0.922 bits per heavy atom. The number of imide groups is 1. The van der Waals surface area contributed by atoms with Gasteiger partial charge in [-0.05, 0) is 126 Å². The largest absolute Gasteiger partial charge is 0.461 e. The summed E-state index contributed by atoms with van der Waals surface area (Å²) < 4.78 is 48.1. The van der Waals surface area contributed by atoms with E-state index in [2.05, 4.69) is 32.1 Å². The van der Waals surface area contributed by atoms with E-state index in [-0.39, 0.29) is 84.2 Å². The van der Waals surface area contributed by atoms with Crippen LogP contribution in [0.3, 0.4) is 0 Å². The molecular formula is C58H64F2N10O7. The maximum Gasteiger partial charge on any atom is 0.409 e. The lowest BCUT2D eigenvalue weighted by atomic mass is 9.87. The smallest absolute Gasteiger partial charge is 0.409 e. The summed E-state index contributed by atoms with van der Waals surface area (Å²) in [6.07, 6.45) is 15.8. The van der Waals surface area contributed by atoms with Crippen molar-refractivity contribution in [3.8, 4) is 29.6 Å². The summed E-state index contributed by atoms with van der Waals surface area (Å²) in [4.78, 5) is 74.8. The molecule has 6 aliphatic rings. The van der Waals surface area contributed by atoms with Gasteiger partial charge in [0.2, 0.25) is 11.8 Å². The fourth-order valence-corrected chi connectivity index (χ4v) is 13.9. The van der Waals surface area contributed by atoms with E-state index < -0.39 is 29.2 Å². The van der Waals surface area contributed by atoms with Gasteiger partial charge in [-0.1, -0.05) is 42.3 Å². The Bertz CT molecular complexity index is 3450. The molecule has 0 aliphatic carbocycles. The van der Waals surface area contributed by atoms with Gasteiger partial charge in [0, 0.05) is 68.9 Å². The molecule has 6 aromatic rings. The zero-order chi connectivity index (χ0) is 53.3. The molecule has 12 rings (SSSR count). The van der Waals surface area contributed by atoms with Gasteiger partial charge in [0.25, 0.3) is 0 Å². The van der Waals surface area contributed by atoms with Gasteiger partial charge in [0.1, 0.15) is 42.1 Å². The van der Waals surface area contributed by atoms with Crippen molar-refractivity contribution in [2.75, 3.05) is 63.9 Å². The van der Waals surface area contributed by atoms with Crippen LogP contribution in [0.15, 0.2) is 59.5 Å². The molecule has 77 heavy (non-hydrogen) atoms. The maximum absolute atomic E-state index is 17.2. The second-order valence-electron chi connectivity index (χ2n) is 22.5. The molecule has 0 spiro atoms. The monoisotopic (exact) mass is 1050 g/mol. The predicted octanol–water partition coefficient (Wildman–Crippen LogP) is 6.94. The van der Waals surface area contributed by atoms with Gasteiger partial charge in [-0.15, -0.1) is 6.42 Å². The summed E-state index contributed by atoms with van der Waals surface area (Å²) in [5, 5.41) is 14.9. The van der Waals surface area contributed by atoms with Crippen LogP contribution < -0.4 is 20.6 Å². The van der Waals surface area contributed by atoms with Crippen LogP contribution in [0.25, 0.3) is 44.0 Å². The summed E-state index contributed by atoms with van der Waals surface area (Å²) in [5.74, 6) is 1.02. The third kappa shape index (κ3) is 9.15. The lowest BCUT2D eigenvalue weighted by Gasteiger charge is -2.41. The number of carbonyl (C=O) groups is 3. The zero-order valence-corrected chi connectivity index (χ0v) is 43.6. The average Bonchev–Trinajstić information content (AvgIpc) is 4.10. The molecule has 0 bridgehead atoms. The van der Waals surface area contributed by atoms with Gasteiger partial charge in [0.15, 0.2) is 5.82 Å². The van der Waals surface area contributed by atoms with Gasteiger partial charge in [-0.3, -0.25) is 33.9 Å². The summed E-state index contributed by atoms with van der Waals surface area (Å²) in [6, 6.07) is 13.7. The number of aromatic nitrogens is 5. The summed E-state index contributed by atoms with van der Waals surface area (Å²) in [6.45, 7) is 6.96. The molecule has 17 nitrogen and oxygen atoms in total. The van der Waals surface area contributed by atoms with Crippen molar-refractivity contribution in [3.63, 3.8) is 0 Å². The summed E-state index contributed by atoms with van der Waals surface area (Å²) in [7, 11) is 1.76. The molecule has 1 unspecified atom stereocenters. The van der Waals surface area contributed by atoms with Crippen LogP contribution in [-0.4, -0.2) is 144 Å². The van der Waals surface area contributed by atoms with Crippen LogP contribution in [0.2, 0.25) is 0 Å². The van der Waals surface area contributed by atoms with E-state index in [1.165, 1.54) is 12.3 Å². The Morgan fingerprint density at radius 3 is 2.49 bits per heavy atom. The predicted molar refractivity (Wildman–Crippen MR) is 285 cm³/mol. The van der Waals surface area contributed by atoms with Crippen molar-refractivity contribution in [3.05, 3.63) is 88.0 Å². The van der Waals surface area contributed by atoms with Crippen LogP contribution >= 0.6 is 0 Å². The number of hydrogen-bond donors (Lipinski definition) is 2. The van der Waals surface area contributed by atoms with Gasteiger partial charge >= 0.3 is 17.8 Å². The van der Waals surface area contributed by atoms with E-state index in [1.807, 2.05) is 21.9 Å². The lowest BCUT2D eigenvalue weighted by Crippen LogP contribution is -2.50. The quantitative estimate of drug-likeness (QED) is 0.107. The topological polar surface area (TPSA) is 180 Å². The molecule has 402 valence electrons. The summed E-state index contributed by atoms with van der Waals surface area (Å²) in [5.41, 5.74) is 1.35. The normalized spacial score (nSPS) is 24.9. The number of benzene rings is 3. The van der Waals surface area contributed by atoms with Crippen molar-refractivity contribution in [2.24, 2.45) is 7.05 Å². The highest BCUT2D eigenvalue weighted by Crippen LogP contribution is 2.44. The van der Waals surface area contributed by atoms with Crippen LogP contribution in [0.5, 0.6) is 6.01 Å². The Labute approximate surface area is 444 Å². The number of amides is 3. The van der Waals surface area contributed by atoms with E-state index in [0.717, 1.165) is 82.1 Å². The number of fused-ring (bicyclic) bond motifs is 4. The number of nitrogens with zero attached hydrogens (tertiary/aromatic N) is 9. The first-order valence-electron chi connectivity index (χ1n) is 27.3. The van der Waals surface area contributed by atoms with Gasteiger partial charge in [-0.25, -0.2) is 18.4 Å². The van der Waals surface area contributed by atoms with Gasteiger partial charge in [-0.2, -0.15) is 9.97 Å². The number of carbonyl (C=O) groups excluding carboxylic acids is 3. The highest BCUT2D eigenvalue weighted by Gasteiger charge is 2.50. The Hall–Kier alpha value is -7.01. The Kier molecular flexibility index (Phi) is 13.3. The van der Waals surface area contributed by atoms with Crippen LogP contribution in [0, 0.1) is 24.0 Å². The van der Waals surface area contributed by atoms with E-state index in [4.69, 9.17) is 25.9 Å². The molecule has 0 radical (unpaired) electrons. The maximum atomic E-state index is 17.2. The molecule has 6 aliphatic heterocycles. The van der Waals surface area contributed by atoms with E-state index in [0.29, 0.717) is 78.0 Å². The van der Waals surface area contributed by atoms with Gasteiger partial charge in [0.05, 0.1) is 33.1 Å². The van der Waals surface area contributed by atoms with Crippen LogP contribution in [-0.2, 0) is 21.4 Å². The third-order valence-corrected chi connectivity index (χ3v) is 17.8. The molecule has 3 aromatic heterocycles. The minimum atomic E-state index is -0.995. The van der Waals surface area contributed by atoms with Gasteiger partial charge < -0.3 is 29.3 Å². The molecule has 2 N–H and O–H groups in total. The van der Waals surface area contributed by atoms with Crippen molar-refractivity contribution in [1.29, 1.82) is 0 Å². The Morgan fingerprint density at radius 2 is 1.71 bits per heavy atom. The number of pyridine rings is 1. The second-order valence-corrected chi connectivity index (χ2v) is 22.5. The number of aliphatic hydroxyl groups is 1. The SMILES string of the molecule is C#Cc1c(F)ccc2cccc(-c3ncc4c(N5CCC[C@@](C)(O)C5)nc(OC[C@@]56CCCN5[C@H](COC(=O)N5CCC(N7CCC(c8cccc9c8n(C)c(=O)n9C8CCC(=O)NC8=O)CC7)CC5)CC6)nc4c3F)c12. The van der Waals surface area contributed by atoms with E-state index >= 15 is 8.78 Å². The number of terminal acetylenes is 1. The number of aryl methyl sites for hydroxylation is 1. The van der Waals surface area contributed by atoms with Crippen molar-refractivity contribution < 1.29 is 37.7 Å². The fraction of sp³-hybridized carbons (Fsp3) is 0.500. The second kappa shape index (κ2) is 20.1. The standard InChI is InChI=1S/C58H64F2N10O7/c1-4-39-43(59)14-13-36-9-5-11-41(47(36)39)49-48(60)50-42(31-61-49)52(68-25-7-22-57(2,75)33-68)64-54(63-50)77-34-58-23-8-26-69(58)38(17-24-58)32-76-56(74)67-29-20-37(21-30-67)66-27-18-35(19-28-66)40-10-6-12-44-51(40)65(3)55(73)70(44)45-15-16-46(71)62-53(45)72/h1,5-6,9-14,31,35,37-38,45,75H,7-8,15-30,32-34H2,2-3H3,(H,62,71,72)/t38-,45?,57+,58-/m0/s1. The molecule has 3 aromatic carbocycles. The third-order valence-electron chi connectivity index (χ3n) is 17.8. The van der Waals surface area contributed by atoms with Crippen LogP contribution in [0.4, 0.5) is 19.4 Å². The first kappa shape index (κ1) is 50.8. The minimum Gasteiger partial charge on any atom is -0.461 e. The van der Waals surface area contributed by atoms with Crippen LogP contribution in [0.1, 0.15) is 107 Å². The first-order valence-corrected chi connectivity index (χ1v) is 27.3. The van der Waals surface area contributed by atoms with Crippen molar-refractivity contribution >= 4 is 56.4 Å². The molecule has 6 saturated heterocycles. The number of nitrogens with one attached hydrogen (secondary N) is 1.